The highest BCUT2D eigenvalue weighted by molar-refractivity contribution is 5.95. The lowest BCUT2D eigenvalue weighted by Crippen LogP contribution is -2.54. The predicted octanol–water partition coefficient (Wildman–Crippen LogP) is 4.30. The standard InChI is InChI=1S/C26H32N2O3/c1-28(17-26-14-19-10-20(15-26)12-21(11-19)16-26)25(30)22(13-18-6-3-2-4-7-18)27-24(29)23-8-5-9-31-23/h2-9,19-22H,10-17H2,1H3,(H,27,29). The van der Waals surface area contributed by atoms with E-state index in [1.165, 1.54) is 44.8 Å². The molecular formula is C26H32N2O3. The molecule has 1 unspecified atom stereocenters. The van der Waals surface area contributed by atoms with Gasteiger partial charge in [-0.2, -0.15) is 0 Å². The number of likely N-dealkylation sites (N-methyl/N-ethyl adjacent to an activating group) is 1. The Bertz CT molecular complexity index is 886. The summed E-state index contributed by atoms with van der Waals surface area (Å²) in [4.78, 5) is 28.1. The highest BCUT2D eigenvalue weighted by Crippen LogP contribution is 2.60. The summed E-state index contributed by atoms with van der Waals surface area (Å²) in [5, 5.41) is 2.93. The van der Waals surface area contributed by atoms with E-state index in [1.807, 2.05) is 42.3 Å². The first kappa shape index (κ1) is 20.3. The number of furan rings is 1. The fraction of sp³-hybridized carbons (Fsp3) is 0.538. The van der Waals surface area contributed by atoms with Crippen molar-refractivity contribution >= 4 is 11.8 Å². The molecule has 4 fully saturated rings. The molecule has 1 aromatic carbocycles. The lowest BCUT2D eigenvalue weighted by Gasteiger charge is -2.57. The number of benzene rings is 1. The van der Waals surface area contributed by atoms with E-state index in [0.29, 0.717) is 6.42 Å². The molecular weight excluding hydrogens is 388 g/mol. The predicted molar refractivity (Wildman–Crippen MR) is 118 cm³/mol. The smallest absolute Gasteiger partial charge is 0.287 e. The minimum Gasteiger partial charge on any atom is -0.459 e. The summed E-state index contributed by atoms with van der Waals surface area (Å²) in [5.41, 5.74) is 1.31. The van der Waals surface area contributed by atoms with Crippen molar-refractivity contribution in [3.63, 3.8) is 0 Å². The molecule has 1 atom stereocenters. The first-order valence-corrected chi connectivity index (χ1v) is 11.6. The average Bonchev–Trinajstić information content (AvgIpc) is 3.27. The van der Waals surface area contributed by atoms with Gasteiger partial charge in [0, 0.05) is 20.0 Å². The quantitative estimate of drug-likeness (QED) is 0.727. The Hall–Kier alpha value is -2.56. The lowest BCUT2D eigenvalue weighted by molar-refractivity contribution is -0.137. The molecule has 4 aliphatic rings. The normalized spacial score (nSPS) is 29.5. The number of hydrogen-bond donors (Lipinski definition) is 1. The van der Waals surface area contributed by atoms with E-state index in [2.05, 4.69) is 5.32 Å². The van der Waals surface area contributed by atoms with Crippen LogP contribution in [-0.4, -0.2) is 36.3 Å². The number of carbonyl (C=O) groups is 2. The molecule has 4 saturated carbocycles. The topological polar surface area (TPSA) is 62.6 Å². The maximum atomic E-state index is 13.6. The number of amides is 2. The Balaban J connectivity index is 1.31. The van der Waals surface area contributed by atoms with Crippen LogP contribution in [0.2, 0.25) is 0 Å². The van der Waals surface area contributed by atoms with E-state index >= 15 is 0 Å². The van der Waals surface area contributed by atoms with Crippen molar-refractivity contribution < 1.29 is 14.0 Å². The molecule has 4 aliphatic carbocycles. The Labute approximate surface area is 184 Å². The van der Waals surface area contributed by atoms with Gasteiger partial charge in [0.2, 0.25) is 5.91 Å². The van der Waals surface area contributed by atoms with Crippen LogP contribution in [0.15, 0.2) is 53.1 Å². The van der Waals surface area contributed by atoms with Crippen molar-refractivity contribution in [3.05, 3.63) is 60.1 Å². The van der Waals surface area contributed by atoms with Crippen LogP contribution < -0.4 is 5.32 Å². The number of hydrogen-bond acceptors (Lipinski definition) is 3. The number of nitrogens with zero attached hydrogens (tertiary/aromatic N) is 1. The van der Waals surface area contributed by atoms with Crippen molar-refractivity contribution in [2.75, 3.05) is 13.6 Å². The van der Waals surface area contributed by atoms with Crippen LogP contribution in [0.4, 0.5) is 0 Å². The van der Waals surface area contributed by atoms with E-state index in [9.17, 15) is 9.59 Å². The van der Waals surface area contributed by atoms with Crippen LogP contribution in [0.3, 0.4) is 0 Å². The Morgan fingerprint density at radius 1 is 1.03 bits per heavy atom. The van der Waals surface area contributed by atoms with Crippen molar-refractivity contribution in [2.45, 2.75) is 51.0 Å². The van der Waals surface area contributed by atoms with E-state index in [-0.39, 0.29) is 23.0 Å². The molecule has 164 valence electrons. The molecule has 4 bridgehead atoms. The fourth-order valence-electron chi connectivity index (χ4n) is 7.02. The van der Waals surface area contributed by atoms with Gasteiger partial charge in [0.25, 0.3) is 5.91 Å². The monoisotopic (exact) mass is 420 g/mol. The summed E-state index contributed by atoms with van der Waals surface area (Å²) in [6, 6.07) is 12.6. The summed E-state index contributed by atoms with van der Waals surface area (Å²) in [6.07, 6.45) is 9.92. The van der Waals surface area contributed by atoms with Gasteiger partial charge in [-0.05, 0) is 79.4 Å². The van der Waals surface area contributed by atoms with Crippen molar-refractivity contribution in [2.24, 2.45) is 23.2 Å². The van der Waals surface area contributed by atoms with Gasteiger partial charge in [-0.15, -0.1) is 0 Å². The van der Waals surface area contributed by atoms with Gasteiger partial charge in [-0.3, -0.25) is 9.59 Å². The highest BCUT2D eigenvalue weighted by Gasteiger charge is 2.51. The van der Waals surface area contributed by atoms with Crippen LogP contribution in [0, 0.1) is 23.2 Å². The second kappa shape index (κ2) is 8.18. The van der Waals surface area contributed by atoms with Gasteiger partial charge >= 0.3 is 0 Å². The minimum atomic E-state index is -0.612. The molecule has 1 aromatic heterocycles. The Morgan fingerprint density at radius 3 is 2.26 bits per heavy atom. The summed E-state index contributed by atoms with van der Waals surface area (Å²) in [6.45, 7) is 0.803. The first-order chi connectivity index (χ1) is 15.0. The van der Waals surface area contributed by atoms with Gasteiger partial charge in [0.15, 0.2) is 5.76 Å². The molecule has 1 heterocycles. The van der Waals surface area contributed by atoms with Crippen LogP contribution in [-0.2, 0) is 11.2 Å². The van der Waals surface area contributed by atoms with Crippen LogP contribution in [0.25, 0.3) is 0 Å². The van der Waals surface area contributed by atoms with Crippen molar-refractivity contribution in [1.82, 2.24) is 10.2 Å². The third-order valence-corrected chi connectivity index (χ3v) is 7.74. The zero-order chi connectivity index (χ0) is 21.4. The van der Waals surface area contributed by atoms with Gasteiger partial charge in [-0.1, -0.05) is 30.3 Å². The van der Waals surface area contributed by atoms with Crippen molar-refractivity contribution in [3.8, 4) is 0 Å². The Kier molecular flexibility index (Phi) is 5.37. The Morgan fingerprint density at radius 2 is 1.68 bits per heavy atom. The number of nitrogens with one attached hydrogen (secondary N) is 1. The molecule has 6 rings (SSSR count). The maximum absolute atomic E-state index is 13.6. The molecule has 31 heavy (non-hydrogen) atoms. The number of carbonyl (C=O) groups excluding carboxylic acids is 2. The lowest BCUT2D eigenvalue weighted by atomic mass is 9.49. The first-order valence-electron chi connectivity index (χ1n) is 11.6. The summed E-state index contributed by atoms with van der Waals surface area (Å²) in [5.74, 6) is 2.44. The minimum absolute atomic E-state index is 0.0143. The summed E-state index contributed by atoms with van der Waals surface area (Å²) in [7, 11) is 1.91. The number of rotatable bonds is 7. The van der Waals surface area contributed by atoms with Crippen molar-refractivity contribution in [1.29, 1.82) is 0 Å². The van der Waals surface area contributed by atoms with Gasteiger partial charge < -0.3 is 14.6 Å². The van der Waals surface area contributed by atoms with Crippen LogP contribution >= 0.6 is 0 Å². The van der Waals surface area contributed by atoms with Crippen LogP contribution in [0.5, 0.6) is 0 Å². The maximum Gasteiger partial charge on any atom is 0.287 e. The van der Waals surface area contributed by atoms with E-state index in [4.69, 9.17) is 4.42 Å². The summed E-state index contributed by atoms with van der Waals surface area (Å²) < 4.78 is 5.24. The highest BCUT2D eigenvalue weighted by atomic mass is 16.3. The van der Waals surface area contributed by atoms with Gasteiger partial charge in [0.05, 0.1) is 6.26 Å². The molecule has 0 aliphatic heterocycles. The van der Waals surface area contributed by atoms with E-state index in [0.717, 1.165) is 29.9 Å². The molecule has 5 heteroatoms. The largest absolute Gasteiger partial charge is 0.459 e. The van der Waals surface area contributed by atoms with E-state index in [1.54, 1.807) is 12.1 Å². The van der Waals surface area contributed by atoms with E-state index < -0.39 is 6.04 Å². The molecule has 0 spiro atoms. The zero-order valence-electron chi connectivity index (χ0n) is 18.3. The second-order valence-electron chi connectivity index (χ2n) is 10.3. The van der Waals surface area contributed by atoms with Gasteiger partial charge in [-0.25, -0.2) is 0 Å². The van der Waals surface area contributed by atoms with Gasteiger partial charge in [0.1, 0.15) is 6.04 Å². The van der Waals surface area contributed by atoms with Crippen LogP contribution in [0.1, 0.15) is 54.6 Å². The second-order valence-corrected chi connectivity index (χ2v) is 10.3. The molecule has 5 nitrogen and oxygen atoms in total. The molecule has 1 N–H and O–H groups in total. The molecule has 0 radical (unpaired) electrons. The molecule has 2 aromatic rings. The molecule has 2 amide bonds. The fourth-order valence-corrected chi connectivity index (χ4v) is 7.02. The average molecular weight is 421 g/mol. The third kappa shape index (κ3) is 4.28. The SMILES string of the molecule is CN(CC12CC3CC(CC(C3)C1)C2)C(=O)C(Cc1ccccc1)NC(=O)c1ccco1. The summed E-state index contributed by atoms with van der Waals surface area (Å²) >= 11 is 0. The third-order valence-electron chi connectivity index (χ3n) is 7.74. The zero-order valence-corrected chi connectivity index (χ0v) is 18.3. The molecule has 0 saturated heterocycles.